The van der Waals surface area contributed by atoms with Crippen molar-refractivity contribution in [2.24, 2.45) is 7.05 Å². The fourth-order valence-electron chi connectivity index (χ4n) is 2.86. The molecule has 0 unspecified atom stereocenters. The molecule has 0 saturated carbocycles. The molecular weight excluding hydrogens is 326 g/mol. The van der Waals surface area contributed by atoms with E-state index in [1.807, 2.05) is 42.5 Å². The SMILES string of the molecule is Cn1c(Oc2ccccc2Cc2ccccc2)nc2cnccc2c1=O. The van der Waals surface area contributed by atoms with Crippen molar-refractivity contribution in [3.63, 3.8) is 0 Å². The first kappa shape index (κ1) is 16.0. The van der Waals surface area contributed by atoms with E-state index in [4.69, 9.17) is 4.74 Å². The molecular formula is C21H17N3O2. The van der Waals surface area contributed by atoms with Crippen molar-refractivity contribution in [3.05, 3.63) is 94.5 Å². The molecule has 0 fully saturated rings. The standard InChI is InChI=1S/C21H17N3O2/c1-24-20(25)17-11-12-22-14-18(17)23-21(24)26-19-10-6-5-9-16(19)13-15-7-3-2-4-8-15/h2-12,14H,13H2,1H3. The van der Waals surface area contributed by atoms with E-state index in [1.165, 1.54) is 10.1 Å². The summed E-state index contributed by atoms with van der Waals surface area (Å²) in [6.07, 6.45) is 3.89. The molecule has 0 aliphatic rings. The molecule has 0 aliphatic carbocycles. The van der Waals surface area contributed by atoms with Gasteiger partial charge in [0.15, 0.2) is 0 Å². The lowest BCUT2D eigenvalue weighted by Crippen LogP contribution is -2.19. The summed E-state index contributed by atoms with van der Waals surface area (Å²) in [4.78, 5) is 21.0. The van der Waals surface area contributed by atoms with Gasteiger partial charge in [-0.2, -0.15) is 4.98 Å². The van der Waals surface area contributed by atoms with Gasteiger partial charge in [0.25, 0.3) is 5.56 Å². The summed E-state index contributed by atoms with van der Waals surface area (Å²) in [5, 5.41) is 0.521. The van der Waals surface area contributed by atoms with Crippen LogP contribution in [-0.2, 0) is 13.5 Å². The van der Waals surface area contributed by atoms with Crippen LogP contribution < -0.4 is 10.3 Å². The molecule has 2 heterocycles. The maximum Gasteiger partial charge on any atom is 0.305 e. The normalized spacial score (nSPS) is 10.8. The Labute approximate surface area is 150 Å². The highest BCUT2D eigenvalue weighted by molar-refractivity contribution is 5.76. The predicted molar refractivity (Wildman–Crippen MR) is 101 cm³/mol. The number of hydrogen-bond acceptors (Lipinski definition) is 4. The van der Waals surface area contributed by atoms with Gasteiger partial charge in [-0.1, -0.05) is 48.5 Å². The summed E-state index contributed by atoms with van der Waals surface area (Å²) in [6, 6.07) is 19.9. The van der Waals surface area contributed by atoms with E-state index >= 15 is 0 Å². The topological polar surface area (TPSA) is 57.0 Å². The molecule has 26 heavy (non-hydrogen) atoms. The Morgan fingerprint density at radius 3 is 2.62 bits per heavy atom. The van der Waals surface area contributed by atoms with Crippen LogP contribution in [0.4, 0.5) is 0 Å². The van der Waals surface area contributed by atoms with Crippen molar-refractivity contribution >= 4 is 10.9 Å². The molecule has 0 atom stereocenters. The first-order valence-electron chi connectivity index (χ1n) is 8.33. The van der Waals surface area contributed by atoms with Gasteiger partial charge < -0.3 is 4.74 Å². The molecule has 0 saturated heterocycles. The Hall–Kier alpha value is -3.47. The predicted octanol–water partition coefficient (Wildman–Crippen LogP) is 3.71. The van der Waals surface area contributed by atoms with Crippen molar-refractivity contribution in [2.75, 3.05) is 0 Å². The largest absolute Gasteiger partial charge is 0.425 e. The number of hydrogen-bond donors (Lipinski definition) is 0. The van der Waals surface area contributed by atoms with Gasteiger partial charge in [0.05, 0.1) is 17.1 Å². The van der Waals surface area contributed by atoms with Crippen LogP contribution in [0.25, 0.3) is 10.9 Å². The van der Waals surface area contributed by atoms with Gasteiger partial charge in [-0.3, -0.25) is 14.3 Å². The molecule has 0 bridgehead atoms. The molecule has 0 spiro atoms. The van der Waals surface area contributed by atoms with Crippen molar-refractivity contribution in [3.8, 4) is 11.8 Å². The van der Waals surface area contributed by atoms with Crippen LogP contribution in [0, 0.1) is 0 Å². The first-order chi connectivity index (χ1) is 12.7. The van der Waals surface area contributed by atoms with E-state index in [1.54, 1.807) is 25.5 Å². The molecule has 128 valence electrons. The van der Waals surface area contributed by atoms with Crippen LogP contribution in [0.1, 0.15) is 11.1 Å². The smallest absolute Gasteiger partial charge is 0.305 e. The molecule has 5 nitrogen and oxygen atoms in total. The molecule has 4 aromatic rings. The molecule has 0 radical (unpaired) electrons. The number of ether oxygens (including phenoxy) is 1. The second-order valence-corrected chi connectivity index (χ2v) is 6.02. The van der Waals surface area contributed by atoms with Gasteiger partial charge >= 0.3 is 6.01 Å². The van der Waals surface area contributed by atoms with Crippen LogP contribution in [0.2, 0.25) is 0 Å². The first-order valence-corrected chi connectivity index (χ1v) is 8.33. The Morgan fingerprint density at radius 1 is 1.00 bits per heavy atom. The zero-order valence-corrected chi connectivity index (χ0v) is 14.3. The summed E-state index contributed by atoms with van der Waals surface area (Å²) in [7, 11) is 1.66. The Bertz CT molecular complexity index is 1120. The third kappa shape index (κ3) is 3.07. The van der Waals surface area contributed by atoms with E-state index < -0.39 is 0 Å². The highest BCUT2D eigenvalue weighted by Gasteiger charge is 2.12. The Kier molecular flexibility index (Phi) is 4.19. The summed E-state index contributed by atoms with van der Waals surface area (Å²) < 4.78 is 7.44. The lowest BCUT2D eigenvalue weighted by Gasteiger charge is -2.13. The van der Waals surface area contributed by atoms with E-state index in [2.05, 4.69) is 22.1 Å². The molecule has 2 aromatic heterocycles. The van der Waals surface area contributed by atoms with Crippen molar-refractivity contribution in [2.45, 2.75) is 6.42 Å². The lowest BCUT2D eigenvalue weighted by atomic mass is 10.0. The van der Waals surface area contributed by atoms with E-state index in [-0.39, 0.29) is 11.6 Å². The zero-order chi connectivity index (χ0) is 17.9. The third-order valence-electron chi connectivity index (χ3n) is 4.25. The van der Waals surface area contributed by atoms with Crippen LogP contribution in [-0.4, -0.2) is 14.5 Å². The minimum atomic E-state index is -0.159. The van der Waals surface area contributed by atoms with E-state index in [0.717, 1.165) is 12.0 Å². The highest BCUT2D eigenvalue weighted by atomic mass is 16.5. The molecule has 4 rings (SSSR count). The van der Waals surface area contributed by atoms with E-state index in [0.29, 0.717) is 16.7 Å². The Balaban J connectivity index is 1.73. The zero-order valence-electron chi connectivity index (χ0n) is 14.3. The summed E-state index contributed by atoms with van der Waals surface area (Å²) >= 11 is 0. The van der Waals surface area contributed by atoms with Crippen LogP contribution >= 0.6 is 0 Å². The fraction of sp³-hybridized carbons (Fsp3) is 0.0952. The quantitative estimate of drug-likeness (QED) is 0.567. The maximum atomic E-state index is 12.5. The molecule has 2 aromatic carbocycles. The van der Waals surface area contributed by atoms with Gasteiger partial charge in [0, 0.05) is 19.7 Å². The van der Waals surface area contributed by atoms with Gasteiger partial charge in [-0.15, -0.1) is 0 Å². The van der Waals surface area contributed by atoms with Gasteiger partial charge in [0.2, 0.25) is 0 Å². The third-order valence-corrected chi connectivity index (χ3v) is 4.25. The minimum absolute atomic E-state index is 0.159. The second-order valence-electron chi connectivity index (χ2n) is 6.02. The summed E-state index contributed by atoms with van der Waals surface area (Å²) in [5.74, 6) is 0.682. The second kappa shape index (κ2) is 6.80. The van der Waals surface area contributed by atoms with Gasteiger partial charge in [-0.25, -0.2) is 0 Å². The van der Waals surface area contributed by atoms with Crippen molar-refractivity contribution in [1.29, 1.82) is 0 Å². The Morgan fingerprint density at radius 2 is 1.77 bits per heavy atom. The number of nitrogens with zero attached hydrogens (tertiary/aromatic N) is 3. The molecule has 5 heteroatoms. The highest BCUT2D eigenvalue weighted by Crippen LogP contribution is 2.26. The monoisotopic (exact) mass is 343 g/mol. The number of aromatic nitrogens is 3. The average Bonchev–Trinajstić information content (AvgIpc) is 2.68. The van der Waals surface area contributed by atoms with Gasteiger partial charge in [-0.05, 0) is 23.3 Å². The molecule has 0 amide bonds. The summed E-state index contributed by atoms with van der Waals surface area (Å²) in [6.45, 7) is 0. The molecule has 0 N–H and O–H groups in total. The van der Waals surface area contributed by atoms with E-state index in [9.17, 15) is 4.79 Å². The number of pyridine rings is 1. The number of rotatable bonds is 4. The van der Waals surface area contributed by atoms with Crippen molar-refractivity contribution < 1.29 is 4.74 Å². The van der Waals surface area contributed by atoms with Crippen LogP contribution in [0.5, 0.6) is 11.8 Å². The van der Waals surface area contributed by atoms with Crippen molar-refractivity contribution in [1.82, 2.24) is 14.5 Å². The maximum absolute atomic E-state index is 12.5. The number of para-hydroxylation sites is 1. The summed E-state index contributed by atoms with van der Waals surface area (Å²) in [5.41, 5.74) is 2.58. The fourth-order valence-corrected chi connectivity index (χ4v) is 2.86. The minimum Gasteiger partial charge on any atom is -0.425 e. The number of fused-ring (bicyclic) bond motifs is 1. The molecule has 0 aliphatic heterocycles. The van der Waals surface area contributed by atoms with Gasteiger partial charge in [0.1, 0.15) is 5.75 Å². The lowest BCUT2D eigenvalue weighted by molar-refractivity contribution is 0.412. The average molecular weight is 343 g/mol. The van der Waals surface area contributed by atoms with Crippen LogP contribution in [0.3, 0.4) is 0 Å². The van der Waals surface area contributed by atoms with Crippen LogP contribution in [0.15, 0.2) is 77.9 Å². The number of benzene rings is 2.